The first-order chi connectivity index (χ1) is 9.00. The van der Waals surface area contributed by atoms with Gasteiger partial charge in [-0.05, 0) is 26.0 Å². The Bertz CT molecular complexity index is 415. The molecule has 0 saturated carbocycles. The van der Waals surface area contributed by atoms with E-state index in [1.54, 1.807) is 24.5 Å². The van der Waals surface area contributed by atoms with Crippen LogP contribution in [-0.4, -0.2) is 29.4 Å². The average Bonchev–Trinajstić information content (AvgIpc) is 2.34. The Morgan fingerprint density at radius 3 is 2.68 bits per heavy atom. The van der Waals surface area contributed by atoms with E-state index in [-0.39, 0.29) is 11.8 Å². The van der Waals surface area contributed by atoms with Gasteiger partial charge in [0.1, 0.15) is 5.75 Å². The van der Waals surface area contributed by atoms with E-state index in [1.807, 2.05) is 6.92 Å². The van der Waals surface area contributed by atoms with Crippen molar-refractivity contribution in [1.29, 1.82) is 0 Å². The molecule has 2 unspecified atom stereocenters. The molecule has 0 aliphatic carbocycles. The summed E-state index contributed by atoms with van der Waals surface area (Å²) in [6.07, 6.45) is 2.44. The van der Waals surface area contributed by atoms with E-state index in [2.05, 4.69) is 10.1 Å². The van der Waals surface area contributed by atoms with Gasteiger partial charge in [0.05, 0.1) is 0 Å². The number of alkyl halides is 2. The standard InChI is InChI=1S/C13H19F2NO2S/c1-10(16-8-5-9-19(2)17)11-6-3-4-7-12(11)18-13(14)15/h3-4,6-7,10,13,16H,5,8-9H2,1-2H3. The van der Waals surface area contributed by atoms with Crippen LogP contribution in [0.1, 0.15) is 24.9 Å². The molecule has 108 valence electrons. The van der Waals surface area contributed by atoms with E-state index in [9.17, 15) is 13.0 Å². The first kappa shape index (κ1) is 16.0. The molecular weight excluding hydrogens is 272 g/mol. The largest absolute Gasteiger partial charge is 0.434 e. The Balaban J connectivity index is 2.55. The number of para-hydroxylation sites is 1. The Morgan fingerprint density at radius 1 is 1.37 bits per heavy atom. The Hall–Kier alpha value is -1.01. The van der Waals surface area contributed by atoms with Crippen molar-refractivity contribution in [3.8, 4) is 5.75 Å². The third kappa shape index (κ3) is 6.11. The van der Waals surface area contributed by atoms with E-state index in [1.165, 1.54) is 6.07 Å². The first-order valence-electron chi connectivity index (χ1n) is 6.08. The molecular formula is C13H19F2NO2S. The third-order valence-electron chi connectivity index (χ3n) is 2.66. The summed E-state index contributed by atoms with van der Waals surface area (Å²) in [6.45, 7) is -0.254. The molecule has 0 aliphatic rings. The molecule has 2 atom stereocenters. The fraction of sp³-hybridized carbons (Fsp3) is 0.538. The summed E-state index contributed by atoms with van der Waals surface area (Å²) < 4.78 is 40.0. The van der Waals surface area contributed by atoms with Crippen LogP contribution < -0.4 is 10.1 Å². The van der Waals surface area contributed by atoms with Crippen molar-refractivity contribution in [2.24, 2.45) is 0 Å². The van der Waals surface area contributed by atoms with Gasteiger partial charge >= 0.3 is 6.61 Å². The highest BCUT2D eigenvalue weighted by Crippen LogP contribution is 2.26. The van der Waals surface area contributed by atoms with Crippen LogP contribution in [0, 0.1) is 0 Å². The van der Waals surface area contributed by atoms with Crippen LogP contribution in [0.5, 0.6) is 5.75 Å². The highest BCUT2D eigenvalue weighted by molar-refractivity contribution is 7.84. The molecule has 1 N–H and O–H groups in total. The maximum atomic E-state index is 12.3. The SMILES string of the molecule is CC(NCCCS(C)=O)c1ccccc1OC(F)F. The zero-order valence-corrected chi connectivity index (χ0v) is 11.9. The van der Waals surface area contributed by atoms with Gasteiger partial charge in [0, 0.05) is 34.4 Å². The summed E-state index contributed by atoms with van der Waals surface area (Å²) in [6, 6.07) is 6.63. The maximum Gasteiger partial charge on any atom is 0.387 e. The van der Waals surface area contributed by atoms with Crippen molar-refractivity contribution in [3.63, 3.8) is 0 Å². The van der Waals surface area contributed by atoms with Gasteiger partial charge in [-0.25, -0.2) is 0 Å². The molecule has 0 amide bonds. The molecule has 0 fully saturated rings. The molecule has 1 aromatic carbocycles. The summed E-state index contributed by atoms with van der Waals surface area (Å²) in [4.78, 5) is 0. The van der Waals surface area contributed by atoms with Gasteiger partial charge in [0.25, 0.3) is 0 Å². The molecule has 0 spiro atoms. The lowest BCUT2D eigenvalue weighted by atomic mass is 10.1. The van der Waals surface area contributed by atoms with Gasteiger partial charge in [-0.3, -0.25) is 4.21 Å². The van der Waals surface area contributed by atoms with Crippen molar-refractivity contribution in [2.45, 2.75) is 26.0 Å². The molecule has 0 heterocycles. The highest BCUT2D eigenvalue weighted by Gasteiger charge is 2.13. The number of hydrogen-bond donors (Lipinski definition) is 1. The van der Waals surface area contributed by atoms with Gasteiger partial charge in [0.2, 0.25) is 0 Å². The first-order valence-corrected chi connectivity index (χ1v) is 7.80. The Labute approximate surface area is 114 Å². The average molecular weight is 291 g/mol. The van der Waals surface area contributed by atoms with Gasteiger partial charge < -0.3 is 10.1 Å². The van der Waals surface area contributed by atoms with E-state index >= 15 is 0 Å². The van der Waals surface area contributed by atoms with Crippen LogP contribution in [-0.2, 0) is 10.8 Å². The third-order valence-corrected chi connectivity index (χ3v) is 3.52. The van der Waals surface area contributed by atoms with Gasteiger partial charge in [-0.1, -0.05) is 18.2 Å². The summed E-state index contributed by atoms with van der Waals surface area (Å²) in [5, 5.41) is 3.21. The zero-order valence-electron chi connectivity index (χ0n) is 11.1. The summed E-state index contributed by atoms with van der Waals surface area (Å²) >= 11 is 0. The minimum absolute atomic E-state index is 0.0970. The molecule has 3 nitrogen and oxygen atoms in total. The molecule has 1 aromatic rings. The predicted octanol–water partition coefficient (Wildman–Crippen LogP) is 2.71. The summed E-state index contributed by atoms with van der Waals surface area (Å²) in [5.41, 5.74) is 0.695. The lowest BCUT2D eigenvalue weighted by molar-refractivity contribution is -0.0506. The molecule has 0 saturated heterocycles. The van der Waals surface area contributed by atoms with Crippen molar-refractivity contribution >= 4 is 10.8 Å². The van der Waals surface area contributed by atoms with Crippen LogP contribution in [0.3, 0.4) is 0 Å². The van der Waals surface area contributed by atoms with E-state index in [0.29, 0.717) is 17.9 Å². The zero-order chi connectivity index (χ0) is 14.3. The van der Waals surface area contributed by atoms with E-state index < -0.39 is 17.4 Å². The molecule has 0 aromatic heterocycles. The molecule has 0 aliphatic heterocycles. The van der Waals surface area contributed by atoms with Gasteiger partial charge in [-0.15, -0.1) is 0 Å². The smallest absolute Gasteiger partial charge is 0.387 e. The van der Waals surface area contributed by atoms with Crippen molar-refractivity contribution in [1.82, 2.24) is 5.32 Å². The normalized spacial score (nSPS) is 14.4. The van der Waals surface area contributed by atoms with Crippen LogP contribution in [0.2, 0.25) is 0 Å². The number of benzene rings is 1. The second-order valence-corrected chi connectivity index (χ2v) is 5.78. The summed E-state index contributed by atoms with van der Waals surface area (Å²) in [5.74, 6) is 0.825. The summed E-state index contributed by atoms with van der Waals surface area (Å²) in [7, 11) is -0.801. The molecule has 0 radical (unpaired) electrons. The van der Waals surface area contributed by atoms with Crippen molar-refractivity contribution < 1.29 is 17.7 Å². The van der Waals surface area contributed by atoms with Crippen molar-refractivity contribution in [2.75, 3.05) is 18.6 Å². The second-order valence-electron chi connectivity index (χ2n) is 4.22. The fourth-order valence-electron chi connectivity index (χ4n) is 1.75. The minimum Gasteiger partial charge on any atom is -0.434 e. The van der Waals surface area contributed by atoms with Crippen LogP contribution >= 0.6 is 0 Å². The lowest BCUT2D eigenvalue weighted by Crippen LogP contribution is -2.22. The van der Waals surface area contributed by atoms with Crippen LogP contribution in [0.25, 0.3) is 0 Å². The molecule has 1 rings (SSSR count). The van der Waals surface area contributed by atoms with Gasteiger partial charge in [-0.2, -0.15) is 8.78 Å². The quantitative estimate of drug-likeness (QED) is 0.748. The van der Waals surface area contributed by atoms with Crippen LogP contribution in [0.15, 0.2) is 24.3 Å². The number of ether oxygens (including phenoxy) is 1. The Morgan fingerprint density at radius 2 is 2.05 bits per heavy atom. The molecule has 6 heteroatoms. The number of nitrogens with one attached hydrogen (secondary N) is 1. The number of halogens is 2. The predicted molar refractivity (Wildman–Crippen MR) is 73.0 cm³/mol. The fourth-order valence-corrected chi connectivity index (χ4v) is 2.30. The van der Waals surface area contributed by atoms with Gasteiger partial charge in [0.15, 0.2) is 0 Å². The number of hydrogen-bond acceptors (Lipinski definition) is 3. The monoisotopic (exact) mass is 291 g/mol. The number of rotatable bonds is 8. The minimum atomic E-state index is -2.82. The Kier molecular flexibility index (Phi) is 6.94. The topological polar surface area (TPSA) is 38.3 Å². The van der Waals surface area contributed by atoms with Crippen molar-refractivity contribution in [3.05, 3.63) is 29.8 Å². The molecule has 19 heavy (non-hydrogen) atoms. The molecule has 0 bridgehead atoms. The van der Waals surface area contributed by atoms with Crippen LogP contribution in [0.4, 0.5) is 8.78 Å². The second kappa shape index (κ2) is 8.22. The lowest BCUT2D eigenvalue weighted by Gasteiger charge is -2.17. The van der Waals surface area contributed by atoms with E-state index in [4.69, 9.17) is 0 Å². The highest BCUT2D eigenvalue weighted by atomic mass is 32.2. The maximum absolute atomic E-state index is 12.3. The van der Waals surface area contributed by atoms with E-state index in [0.717, 1.165) is 6.42 Å².